The smallest absolute Gasteiger partial charge is 0.414 e. The number of carbonyl (C=O) groups excluding carboxylic acids is 1. The Bertz CT molecular complexity index is 1530. The molecule has 10 heteroatoms. The molecule has 0 radical (unpaired) electrons. The summed E-state index contributed by atoms with van der Waals surface area (Å²) in [6.45, 7) is 5.36. The lowest BCUT2D eigenvalue weighted by Gasteiger charge is -2.25. The second-order valence-electron chi connectivity index (χ2n) is 10.3. The molecule has 0 atom stereocenters. The van der Waals surface area contributed by atoms with Crippen LogP contribution < -0.4 is 9.64 Å². The number of pyridine rings is 1. The molecule has 0 spiro atoms. The molecule has 3 heterocycles. The van der Waals surface area contributed by atoms with Crippen LogP contribution in [0.15, 0.2) is 35.7 Å². The van der Waals surface area contributed by atoms with E-state index in [1.165, 1.54) is 24.1 Å². The normalized spacial score (nSPS) is 14.9. The predicted octanol–water partition coefficient (Wildman–Crippen LogP) is 5.42. The van der Waals surface area contributed by atoms with Crippen LogP contribution in [0.5, 0.6) is 6.01 Å². The number of aromatic nitrogens is 4. The van der Waals surface area contributed by atoms with Gasteiger partial charge in [0, 0.05) is 66.2 Å². The molecule has 1 amide bonds. The van der Waals surface area contributed by atoms with Gasteiger partial charge in [-0.3, -0.25) is 9.89 Å². The number of hydrogen-bond donors (Lipinski definition) is 1. The van der Waals surface area contributed by atoms with Gasteiger partial charge in [0.1, 0.15) is 17.1 Å². The highest BCUT2D eigenvalue weighted by atomic mass is 19.1. The number of fused-ring (bicyclic) bond motifs is 3. The Morgan fingerprint density at radius 3 is 2.49 bits per heavy atom. The van der Waals surface area contributed by atoms with Gasteiger partial charge in [-0.05, 0) is 51.3 Å². The van der Waals surface area contributed by atoms with Crippen molar-refractivity contribution in [1.29, 1.82) is 0 Å². The molecule has 1 N–H and O–H groups in total. The number of hydrogen-bond acceptors (Lipinski definition) is 7. The third-order valence-corrected chi connectivity index (χ3v) is 6.49. The maximum atomic E-state index is 15.1. The van der Waals surface area contributed by atoms with Crippen molar-refractivity contribution in [2.45, 2.75) is 44.6 Å². The number of amides is 1. The number of nitrogens with zero attached hydrogens (tertiary/aromatic N) is 5. The van der Waals surface area contributed by atoms with Crippen LogP contribution in [0.3, 0.4) is 0 Å². The fourth-order valence-corrected chi connectivity index (χ4v) is 4.72. The Hall–Kier alpha value is -4.08. The standard InChI is InChI=1S/C27H29FN6O3/c1-26(2,3)37-25(35)34(5)19-10-16(28)9-17-20-21(27(7-8-27)14-29-4)18(13-30-23(20)33-22(17)19)15-11-31-24(36-6)32-12-15/h9-14H,7-8H2,1-6H3,(H,30,33)/b29-14+. The summed E-state index contributed by atoms with van der Waals surface area (Å²) in [5.41, 5.74) is 3.08. The fraction of sp³-hybridized carbons (Fsp3) is 0.370. The highest BCUT2D eigenvalue weighted by molar-refractivity contribution is 6.16. The zero-order valence-corrected chi connectivity index (χ0v) is 21.7. The summed E-state index contributed by atoms with van der Waals surface area (Å²) in [4.78, 5) is 35.1. The van der Waals surface area contributed by atoms with Crippen LogP contribution in [0.2, 0.25) is 0 Å². The zero-order chi connectivity index (χ0) is 26.5. The van der Waals surface area contributed by atoms with E-state index in [1.807, 2.05) is 6.21 Å². The van der Waals surface area contributed by atoms with Crippen LogP contribution in [-0.4, -0.2) is 59.0 Å². The van der Waals surface area contributed by atoms with Gasteiger partial charge in [0.05, 0.1) is 18.3 Å². The Morgan fingerprint density at radius 1 is 1.19 bits per heavy atom. The van der Waals surface area contributed by atoms with Gasteiger partial charge in [0.2, 0.25) is 0 Å². The number of anilines is 1. The summed E-state index contributed by atoms with van der Waals surface area (Å²) in [6, 6.07) is 3.05. The van der Waals surface area contributed by atoms with E-state index in [-0.39, 0.29) is 11.4 Å². The van der Waals surface area contributed by atoms with Crippen LogP contribution in [0, 0.1) is 5.82 Å². The first kappa shape index (κ1) is 24.6. The van der Waals surface area contributed by atoms with Crippen molar-refractivity contribution < 1.29 is 18.7 Å². The van der Waals surface area contributed by atoms with E-state index >= 15 is 4.39 Å². The molecule has 0 bridgehead atoms. The first-order chi connectivity index (χ1) is 17.6. The Kier molecular flexibility index (Phi) is 5.85. The monoisotopic (exact) mass is 504 g/mol. The van der Waals surface area contributed by atoms with E-state index in [1.54, 1.807) is 53.5 Å². The Balaban J connectivity index is 1.78. The van der Waals surface area contributed by atoms with Gasteiger partial charge >= 0.3 is 12.1 Å². The van der Waals surface area contributed by atoms with Crippen molar-refractivity contribution in [2.24, 2.45) is 4.99 Å². The molecule has 1 aliphatic carbocycles. The third-order valence-electron chi connectivity index (χ3n) is 6.49. The molecule has 37 heavy (non-hydrogen) atoms. The maximum absolute atomic E-state index is 15.1. The number of rotatable bonds is 5. The predicted molar refractivity (Wildman–Crippen MR) is 141 cm³/mol. The molecule has 0 unspecified atom stereocenters. The minimum absolute atomic E-state index is 0.264. The molecular weight excluding hydrogens is 475 g/mol. The fourth-order valence-electron chi connectivity index (χ4n) is 4.72. The molecular formula is C27H29FN6O3. The van der Waals surface area contributed by atoms with Crippen molar-refractivity contribution in [2.75, 3.05) is 26.1 Å². The van der Waals surface area contributed by atoms with Crippen molar-refractivity contribution in [1.82, 2.24) is 19.9 Å². The van der Waals surface area contributed by atoms with Gasteiger partial charge in [-0.15, -0.1) is 0 Å². The van der Waals surface area contributed by atoms with E-state index in [2.05, 4.69) is 24.9 Å². The zero-order valence-electron chi connectivity index (χ0n) is 21.7. The van der Waals surface area contributed by atoms with Gasteiger partial charge in [0.15, 0.2) is 0 Å². The summed E-state index contributed by atoms with van der Waals surface area (Å²) in [5.74, 6) is -0.475. The molecule has 5 rings (SSSR count). The lowest BCUT2D eigenvalue weighted by molar-refractivity contribution is 0.0589. The first-order valence-corrected chi connectivity index (χ1v) is 12.0. The summed E-state index contributed by atoms with van der Waals surface area (Å²) in [6.07, 6.45) is 8.29. The van der Waals surface area contributed by atoms with E-state index in [0.717, 1.165) is 34.9 Å². The van der Waals surface area contributed by atoms with E-state index < -0.39 is 17.5 Å². The number of benzene rings is 1. The Morgan fingerprint density at radius 2 is 1.89 bits per heavy atom. The van der Waals surface area contributed by atoms with Gasteiger partial charge < -0.3 is 14.5 Å². The summed E-state index contributed by atoms with van der Waals surface area (Å²) >= 11 is 0. The quantitative estimate of drug-likeness (QED) is 0.364. The molecule has 4 aromatic rings. The third kappa shape index (κ3) is 4.36. The average molecular weight is 505 g/mol. The van der Waals surface area contributed by atoms with Crippen molar-refractivity contribution >= 4 is 39.9 Å². The number of aliphatic imine (C=N–C) groups is 1. The minimum atomic E-state index is -0.694. The first-order valence-electron chi connectivity index (χ1n) is 12.0. The molecule has 9 nitrogen and oxygen atoms in total. The van der Waals surface area contributed by atoms with E-state index in [0.29, 0.717) is 22.2 Å². The van der Waals surface area contributed by atoms with Crippen LogP contribution >= 0.6 is 0 Å². The molecule has 3 aromatic heterocycles. The molecule has 0 saturated heterocycles. The number of carbonyl (C=O) groups is 1. The summed E-state index contributed by atoms with van der Waals surface area (Å²) < 4.78 is 25.7. The second-order valence-corrected chi connectivity index (χ2v) is 10.3. The average Bonchev–Trinajstić information content (AvgIpc) is 3.54. The SMILES string of the molecule is C/N=C/C1(c2c(-c3cnc(OC)nc3)cnc3[nH]c4c(N(C)C(=O)OC(C)(C)C)cc(F)cc4c23)CC1. The molecule has 1 saturated carbocycles. The van der Waals surface area contributed by atoms with Gasteiger partial charge in [0.25, 0.3) is 0 Å². The molecule has 1 aliphatic rings. The highest BCUT2D eigenvalue weighted by Crippen LogP contribution is 2.53. The number of nitrogens with one attached hydrogen (secondary N) is 1. The van der Waals surface area contributed by atoms with Crippen molar-refractivity contribution in [3.05, 3.63) is 42.1 Å². The van der Waals surface area contributed by atoms with E-state index in [4.69, 9.17) is 9.47 Å². The second kappa shape index (κ2) is 8.79. The number of H-pyrrole nitrogens is 1. The minimum Gasteiger partial charge on any atom is -0.467 e. The van der Waals surface area contributed by atoms with Gasteiger partial charge in [-0.25, -0.2) is 24.1 Å². The summed E-state index contributed by atoms with van der Waals surface area (Å²) in [7, 11) is 4.82. The lowest BCUT2D eigenvalue weighted by Crippen LogP contribution is -2.34. The topological polar surface area (TPSA) is 106 Å². The van der Waals surface area contributed by atoms with Crippen molar-refractivity contribution in [3.8, 4) is 17.1 Å². The molecule has 192 valence electrons. The molecule has 0 aliphatic heterocycles. The number of ether oxygens (including phenoxy) is 2. The lowest BCUT2D eigenvalue weighted by atomic mass is 9.87. The van der Waals surface area contributed by atoms with Crippen LogP contribution in [0.25, 0.3) is 33.1 Å². The molecule has 1 fully saturated rings. The highest BCUT2D eigenvalue weighted by Gasteiger charge is 2.46. The van der Waals surface area contributed by atoms with Crippen LogP contribution in [-0.2, 0) is 10.2 Å². The largest absolute Gasteiger partial charge is 0.467 e. The summed E-state index contributed by atoms with van der Waals surface area (Å²) in [5, 5.41) is 1.40. The van der Waals surface area contributed by atoms with E-state index in [9.17, 15) is 4.79 Å². The van der Waals surface area contributed by atoms with Crippen molar-refractivity contribution in [3.63, 3.8) is 0 Å². The number of methoxy groups -OCH3 is 1. The van der Waals surface area contributed by atoms with Crippen LogP contribution in [0.4, 0.5) is 14.9 Å². The number of halogens is 1. The Labute approximate surface area is 213 Å². The molecule has 1 aromatic carbocycles. The van der Waals surface area contributed by atoms with Crippen LogP contribution in [0.1, 0.15) is 39.2 Å². The van der Waals surface area contributed by atoms with Gasteiger partial charge in [-0.1, -0.05) is 0 Å². The van der Waals surface area contributed by atoms with Gasteiger partial charge in [-0.2, -0.15) is 0 Å². The number of aromatic amines is 1. The maximum Gasteiger partial charge on any atom is 0.414 e.